The fourth-order valence-corrected chi connectivity index (χ4v) is 1.25. The van der Waals surface area contributed by atoms with Gasteiger partial charge in [-0.3, -0.25) is 0 Å². The Bertz CT molecular complexity index is 649. The van der Waals surface area contributed by atoms with E-state index in [4.69, 9.17) is 9.52 Å². The van der Waals surface area contributed by atoms with Crippen molar-refractivity contribution in [2.45, 2.75) is 0 Å². The summed E-state index contributed by atoms with van der Waals surface area (Å²) in [4.78, 5) is 29.6. The highest BCUT2D eigenvalue weighted by atomic mass is 16.5. The number of fused-ring (bicyclic) bond motifs is 1. The monoisotopic (exact) mass is 263 g/mol. The molecule has 0 spiro atoms. The predicted molar refractivity (Wildman–Crippen MR) is 63.9 cm³/mol. The normalized spacial score (nSPS) is 10.1. The van der Waals surface area contributed by atoms with Gasteiger partial charge in [0.05, 0.1) is 5.56 Å². The van der Waals surface area contributed by atoms with E-state index in [2.05, 4.69) is 26.6 Å². The zero-order valence-corrected chi connectivity index (χ0v) is 9.62. The highest BCUT2D eigenvalue weighted by molar-refractivity contribution is 5.91. The molecule has 0 fully saturated rings. The van der Waals surface area contributed by atoms with Crippen molar-refractivity contribution in [2.75, 3.05) is 11.9 Å². The first kappa shape index (κ1) is 12.6. The molecule has 0 aliphatic heterocycles. The highest BCUT2D eigenvalue weighted by Gasteiger charge is 2.13. The zero-order chi connectivity index (χ0) is 13.8. The summed E-state index contributed by atoms with van der Waals surface area (Å²) in [6.07, 6.45) is 1.80. The number of carbonyl (C=O) groups excluding carboxylic acids is 1. The first-order valence-electron chi connectivity index (χ1n) is 5.14. The van der Waals surface area contributed by atoms with Crippen molar-refractivity contribution >= 4 is 29.3 Å². The molecule has 2 aromatic heterocycles. The van der Waals surface area contributed by atoms with Gasteiger partial charge in [0.1, 0.15) is 6.61 Å². The predicted octanol–water partition coefficient (Wildman–Crippen LogP) is 1.66. The van der Waals surface area contributed by atoms with Gasteiger partial charge in [-0.1, -0.05) is 12.7 Å². The van der Waals surface area contributed by atoms with Crippen LogP contribution in [-0.2, 0) is 4.74 Å². The number of amides is 1. The summed E-state index contributed by atoms with van der Waals surface area (Å²) in [6, 6.07) is 1.14. The van der Waals surface area contributed by atoms with E-state index in [1.54, 1.807) is 0 Å². The van der Waals surface area contributed by atoms with Crippen molar-refractivity contribution in [2.24, 2.45) is 0 Å². The number of nitrogens with zero attached hydrogens (tertiary/aromatic N) is 2. The topological polar surface area (TPSA) is 115 Å². The van der Waals surface area contributed by atoms with E-state index < -0.39 is 12.1 Å². The SMILES string of the molecule is C=CCOC(=O)Nc1nc2ncc(C(=O)O)cc2o1. The lowest BCUT2D eigenvalue weighted by Crippen LogP contribution is -2.13. The minimum Gasteiger partial charge on any atom is -0.478 e. The molecular formula is C11H9N3O5. The van der Waals surface area contributed by atoms with Crippen molar-refractivity contribution in [3.8, 4) is 0 Å². The Morgan fingerprint density at radius 1 is 1.58 bits per heavy atom. The van der Waals surface area contributed by atoms with Crippen LogP contribution in [0.15, 0.2) is 29.3 Å². The van der Waals surface area contributed by atoms with Crippen molar-refractivity contribution in [3.63, 3.8) is 0 Å². The summed E-state index contributed by atoms with van der Waals surface area (Å²) in [5.41, 5.74) is 0.298. The molecule has 0 atom stereocenters. The largest absolute Gasteiger partial charge is 0.478 e. The van der Waals surface area contributed by atoms with Crippen LogP contribution in [0, 0.1) is 0 Å². The van der Waals surface area contributed by atoms with Crippen LogP contribution in [0.5, 0.6) is 0 Å². The maximum Gasteiger partial charge on any atom is 0.415 e. The minimum absolute atomic E-state index is 0.0376. The fraction of sp³-hybridized carbons (Fsp3) is 0.0909. The van der Waals surface area contributed by atoms with Crippen molar-refractivity contribution in [3.05, 3.63) is 30.5 Å². The number of carboxylic acids is 1. The molecule has 0 aliphatic carbocycles. The maximum absolute atomic E-state index is 11.2. The van der Waals surface area contributed by atoms with Gasteiger partial charge in [-0.15, -0.1) is 0 Å². The van der Waals surface area contributed by atoms with Crippen molar-refractivity contribution in [1.29, 1.82) is 0 Å². The first-order valence-corrected chi connectivity index (χ1v) is 5.14. The Kier molecular flexibility index (Phi) is 3.42. The molecule has 2 aromatic rings. The Balaban J connectivity index is 2.19. The van der Waals surface area contributed by atoms with Gasteiger partial charge in [0.15, 0.2) is 5.58 Å². The van der Waals surface area contributed by atoms with E-state index in [1.165, 1.54) is 12.1 Å². The van der Waals surface area contributed by atoms with Crippen LogP contribution in [0.3, 0.4) is 0 Å². The molecule has 0 aliphatic rings. The summed E-state index contributed by atoms with van der Waals surface area (Å²) in [5, 5.41) is 11.0. The van der Waals surface area contributed by atoms with E-state index in [-0.39, 0.29) is 29.4 Å². The second-order valence-corrected chi connectivity index (χ2v) is 3.38. The summed E-state index contributed by atoms with van der Waals surface area (Å²) in [6.45, 7) is 3.44. The molecule has 0 saturated carbocycles. The lowest BCUT2D eigenvalue weighted by molar-refractivity contribution is 0.0696. The van der Waals surface area contributed by atoms with Crippen LogP contribution in [-0.4, -0.2) is 33.7 Å². The lowest BCUT2D eigenvalue weighted by Gasteiger charge is -1.99. The van der Waals surface area contributed by atoms with Crippen LogP contribution >= 0.6 is 0 Å². The van der Waals surface area contributed by atoms with Crippen LogP contribution in [0.2, 0.25) is 0 Å². The molecule has 8 nitrogen and oxygen atoms in total. The van der Waals surface area contributed by atoms with E-state index in [0.717, 1.165) is 6.20 Å². The van der Waals surface area contributed by atoms with Crippen LogP contribution < -0.4 is 5.32 Å². The van der Waals surface area contributed by atoms with Gasteiger partial charge in [-0.2, -0.15) is 4.98 Å². The Morgan fingerprint density at radius 3 is 3.05 bits per heavy atom. The summed E-state index contributed by atoms with van der Waals surface area (Å²) >= 11 is 0. The number of carboxylic acid groups (broad SMARTS) is 1. The molecule has 1 amide bonds. The lowest BCUT2D eigenvalue weighted by atomic mass is 10.3. The third kappa shape index (κ3) is 2.86. The second-order valence-electron chi connectivity index (χ2n) is 3.38. The number of anilines is 1. The molecule has 0 aromatic carbocycles. The molecule has 0 unspecified atom stereocenters. The van der Waals surface area contributed by atoms with Gasteiger partial charge in [0.2, 0.25) is 5.65 Å². The molecule has 2 heterocycles. The van der Waals surface area contributed by atoms with E-state index in [9.17, 15) is 9.59 Å². The molecule has 19 heavy (non-hydrogen) atoms. The number of hydrogen-bond donors (Lipinski definition) is 2. The molecule has 0 radical (unpaired) electrons. The molecular weight excluding hydrogens is 254 g/mol. The fourth-order valence-electron chi connectivity index (χ4n) is 1.25. The van der Waals surface area contributed by atoms with E-state index >= 15 is 0 Å². The maximum atomic E-state index is 11.2. The van der Waals surface area contributed by atoms with Gasteiger partial charge in [-0.05, 0) is 0 Å². The second kappa shape index (κ2) is 5.17. The van der Waals surface area contributed by atoms with Gasteiger partial charge in [0.25, 0.3) is 0 Å². The number of oxazole rings is 1. The Hall–Kier alpha value is -2.90. The third-order valence-corrected chi connectivity index (χ3v) is 2.04. The average Bonchev–Trinajstić information content (AvgIpc) is 2.77. The quantitative estimate of drug-likeness (QED) is 0.806. The average molecular weight is 263 g/mol. The number of aromatic carboxylic acids is 1. The van der Waals surface area contributed by atoms with Gasteiger partial charge < -0.3 is 14.3 Å². The standard InChI is InChI=1S/C11H9N3O5/c1-2-3-18-11(17)14-10-13-8-7(19-10)4-6(5-12-8)9(15)16/h2,4-5H,1,3H2,(H,15,16)(H,12,13,14,17). The smallest absolute Gasteiger partial charge is 0.415 e. The van der Waals surface area contributed by atoms with Crippen molar-refractivity contribution < 1.29 is 23.8 Å². The number of ether oxygens (including phenoxy) is 1. The minimum atomic E-state index is -1.13. The number of pyridine rings is 1. The highest BCUT2D eigenvalue weighted by Crippen LogP contribution is 2.18. The molecule has 0 bridgehead atoms. The molecule has 2 N–H and O–H groups in total. The number of rotatable bonds is 4. The molecule has 8 heteroatoms. The number of aromatic nitrogens is 2. The van der Waals surface area contributed by atoms with Crippen LogP contribution in [0.4, 0.5) is 10.8 Å². The molecule has 0 saturated heterocycles. The van der Waals surface area contributed by atoms with Gasteiger partial charge >= 0.3 is 18.1 Å². The van der Waals surface area contributed by atoms with E-state index in [0.29, 0.717) is 0 Å². The number of carbonyl (C=O) groups is 2. The zero-order valence-electron chi connectivity index (χ0n) is 9.62. The number of nitrogens with one attached hydrogen (secondary N) is 1. The third-order valence-electron chi connectivity index (χ3n) is 2.04. The van der Waals surface area contributed by atoms with Gasteiger partial charge in [0, 0.05) is 12.3 Å². The van der Waals surface area contributed by atoms with E-state index in [1.807, 2.05) is 0 Å². The number of hydrogen-bond acceptors (Lipinski definition) is 6. The molecule has 2 rings (SSSR count). The first-order chi connectivity index (χ1) is 9.10. The summed E-state index contributed by atoms with van der Waals surface area (Å²) in [7, 11) is 0. The Labute approximate surface area is 106 Å². The molecule has 98 valence electrons. The Morgan fingerprint density at radius 2 is 2.37 bits per heavy atom. The van der Waals surface area contributed by atoms with Gasteiger partial charge in [-0.25, -0.2) is 19.9 Å². The van der Waals surface area contributed by atoms with Crippen LogP contribution in [0.25, 0.3) is 11.2 Å². The van der Waals surface area contributed by atoms with Crippen molar-refractivity contribution in [1.82, 2.24) is 9.97 Å². The summed E-state index contributed by atoms with van der Waals surface area (Å²) in [5.74, 6) is -1.13. The summed E-state index contributed by atoms with van der Waals surface area (Å²) < 4.78 is 9.81. The van der Waals surface area contributed by atoms with Crippen LogP contribution in [0.1, 0.15) is 10.4 Å².